The minimum atomic E-state index is -0.120. The fraction of sp³-hybridized carbons (Fsp3) is 0.100. The van der Waals surface area contributed by atoms with Gasteiger partial charge in [-0.05, 0) is 122 Å². The van der Waals surface area contributed by atoms with Gasteiger partial charge in [0.25, 0.3) is 0 Å². The quantitative estimate of drug-likeness (QED) is 0.156. The van der Waals surface area contributed by atoms with E-state index in [-0.39, 0.29) is 10.8 Å². The molecule has 3 heteroatoms. The van der Waals surface area contributed by atoms with Gasteiger partial charge in [0, 0.05) is 61.2 Å². The fourth-order valence-corrected chi connectivity index (χ4v) is 11.4. The first kappa shape index (κ1) is 36.1. The molecule has 0 fully saturated rings. The van der Waals surface area contributed by atoms with Crippen molar-refractivity contribution in [1.82, 2.24) is 0 Å². The summed E-state index contributed by atoms with van der Waals surface area (Å²) in [6, 6.07) is 71.4. The summed E-state index contributed by atoms with van der Waals surface area (Å²) in [6.07, 6.45) is 0. The van der Waals surface area contributed by atoms with Gasteiger partial charge in [0.05, 0.1) is 11.4 Å². The van der Waals surface area contributed by atoms with Crippen LogP contribution in [0.5, 0.6) is 11.5 Å². The van der Waals surface area contributed by atoms with Gasteiger partial charge in [-0.1, -0.05) is 149 Å². The minimum Gasteiger partial charge on any atom is -0.456 e. The first-order chi connectivity index (χ1) is 30.8. The lowest BCUT2D eigenvalue weighted by Crippen LogP contribution is -2.16. The van der Waals surface area contributed by atoms with Crippen LogP contribution in [-0.4, -0.2) is 0 Å². The molecule has 2 aliphatic carbocycles. The molecule has 63 heavy (non-hydrogen) atoms. The molecule has 10 aromatic rings. The van der Waals surface area contributed by atoms with Gasteiger partial charge < -0.3 is 14.5 Å². The summed E-state index contributed by atoms with van der Waals surface area (Å²) in [4.78, 5) is 4.82. The predicted octanol–water partition coefficient (Wildman–Crippen LogP) is 16.8. The molecule has 0 radical (unpaired) electrons. The average molecular weight is 809 g/mol. The summed E-state index contributed by atoms with van der Waals surface area (Å²) >= 11 is 0. The highest BCUT2D eigenvalue weighted by molar-refractivity contribution is 6.28. The zero-order valence-electron chi connectivity index (χ0n) is 35.8. The smallest absolute Gasteiger partial charge is 0.138 e. The van der Waals surface area contributed by atoms with Gasteiger partial charge in [0.15, 0.2) is 0 Å². The molecule has 0 saturated heterocycles. The monoisotopic (exact) mass is 808 g/mol. The Bertz CT molecular complexity index is 3550. The van der Waals surface area contributed by atoms with Crippen LogP contribution < -0.4 is 14.5 Å². The highest BCUT2D eigenvalue weighted by atomic mass is 16.5. The van der Waals surface area contributed by atoms with Crippen molar-refractivity contribution in [2.45, 2.75) is 38.5 Å². The van der Waals surface area contributed by atoms with E-state index >= 15 is 0 Å². The molecule has 0 unspecified atom stereocenters. The number of rotatable bonds is 6. The van der Waals surface area contributed by atoms with Crippen molar-refractivity contribution in [2.24, 2.45) is 0 Å². The average Bonchev–Trinajstić information content (AvgIpc) is 3.69. The molecule has 0 aromatic heterocycles. The summed E-state index contributed by atoms with van der Waals surface area (Å²) < 4.78 is 7.12. The number of anilines is 6. The van der Waals surface area contributed by atoms with Gasteiger partial charge in [0.1, 0.15) is 11.5 Å². The Morgan fingerprint density at radius 2 is 0.905 bits per heavy atom. The van der Waals surface area contributed by atoms with E-state index in [4.69, 9.17) is 4.74 Å². The zero-order valence-corrected chi connectivity index (χ0v) is 35.8. The summed E-state index contributed by atoms with van der Waals surface area (Å²) in [5.74, 6) is 1.74. The second kappa shape index (κ2) is 13.0. The lowest BCUT2D eigenvalue weighted by molar-refractivity contribution is 0.493. The van der Waals surface area contributed by atoms with Crippen LogP contribution in [0.15, 0.2) is 194 Å². The van der Waals surface area contributed by atoms with Crippen LogP contribution in [0.3, 0.4) is 0 Å². The van der Waals surface area contributed by atoms with Crippen LogP contribution in [0.2, 0.25) is 0 Å². The molecular weight excluding hydrogens is 765 g/mol. The fourth-order valence-electron chi connectivity index (χ4n) is 11.4. The number of hydrogen-bond acceptors (Lipinski definition) is 3. The van der Waals surface area contributed by atoms with Gasteiger partial charge >= 0.3 is 0 Å². The minimum absolute atomic E-state index is 0.0641. The second-order valence-corrected chi connectivity index (χ2v) is 18.5. The number of fused-ring (bicyclic) bond motifs is 6. The molecule has 300 valence electrons. The molecule has 1 aliphatic heterocycles. The molecule has 0 amide bonds. The third-order valence-electron chi connectivity index (χ3n) is 14.3. The van der Waals surface area contributed by atoms with Gasteiger partial charge in [-0.2, -0.15) is 0 Å². The third-order valence-corrected chi connectivity index (χ3v) is 14.3. The molecule has 10 aromatic carbocycles. The zero-order chi connectivity index (χ0) is 42.2. The molecule has 3 aliphatic rings. The first-order valence-corrected chi connectivity index (χ1v) is 22.1. The maximum atomic E-state index is 7.12. The lowest BCUT2D eigenvalue weighted by Gasteiger charge is -2.31. The summed E-state index contributed by atoms with van der Waals surface area (Å²) in [7, 11) is 0. The van der Waals surface area contributed by atoms with E-state index in [0.717, 1.165) is 67.2 Å². The largest absolute Gasteiger partial charge is 0.456 e. The Kier molecular flexibility index (Phi) is 7.42. The van der Waals surface area contributed by atoms with Crippen LogP contribution in [0.1, 0.15) is 49.9 Å². The molecule has 1 heterocycles. The molecule has 0 bridgehead atoms. The Labute approximate surface area is 368 Å². The first-order valence-electron chi connectivity index (χ1n) is 22.1. The maximum absolute atomic E-state index is 7.12. The van der Waals surface area contributed by atoms with E-state index in [1.165, 1.54) is 55.3 Å². The van der Waals surface area contributed by atoms with E-state index in [1.807, 2.05) is 0 Å². The Morgan fingerprint density at radius 3 is 1.63 bits per heavy atom. The number of para-hydroxylation sites is 2. The van der Waals surface area contributed by atoms with E-state index in [0.29, 0.717) is 0 Å². The van der Waals surface area contributed by atoms with Crippen LogP contribution in [-0.2, 0) is 10.8 Å². The van der Waals surface area contributed by atoms with E-state index in [1.54, 1.807) is 0 Å². The van der Waals surface area contributed by atoms with E-state index < -0.39 is 0 Å². The van der Waals surface area contributed by atoms with Crippen LogP contribution >= 0.6 is 0 Å². The Hall–Kier alpha value is -7.62. The molecule has 0 atom stereocenters. The van der Waals surface area contributed by atoms with Crippen LogP contribution in [0.4, 0.5) is 34.1 Å². The topological polar surface area (TPSA) is 15.7 Å². The SMILES string of the molecule is CC1(C)c2ccccc2-c2cc(N(c3ccccc3)c3cc4c5c(ccc6cc(N(c7ccccc7)c7ccc8c(c7)C(C)(C)c7ccccc7-8)c7cccc(c7c65)O4)c3)ccc21. The molecule has 0 spiro atoms. The Morgan fingerprint density at radius 1 is 0.333 bits per heavy atom. The number of hydrogen-bond donors (Lipinski definition) is 0. The summed E-state index contributed by atoms with van der Waals surface area (Å²) in [5.41, 5.74) is 17.2. The number of ether oxygens (including phenoxy) is 1. The summed E-state index contributed by atoms with van der Waals surface area (Å²) in [6.45, 7) is 9.39. The van der Waals surface area contributed by atoms with E-state index in [2.05, 4.69) is 232 Å². The second-order valence-electron chi connectivity index (χ2n) is 18.5. The molecule has 3 nitrogen and oxygen atoms in total. The van der Waals surface area contributed by atoms with Gasteiger partial charge in [-0.25, -0.2) is 0 Å². The normalized spacial score (nSPS) is 14.4. The van der Waals surface area contributed by atoms with Crippen molar-refractivity contribution in [3.05, 3.63) is 216 Å². The van der Waals surface area contributed by atoms with Crippen molar-refractivity contribution in [3.63, 3.8) is 0 Å². The Balaban J connectivity index is 1.00. The molecular formula is C60H44N2O. The van der Waals surface area contributed by atoms with Gasteiger partial charge in [-0.15, -0.1) is 0 Å². The predicted molar refractivity (Wildman–Crippen MR) is 264 cm³/mol. The van der Waals surface area contributed by atoms with Gasteiger partial charge in [-0.3, -0.25) is 0 Å². The highest BCUT2D eigenvalue weighted by Gasteiger charge is 2.37. The van der Waals surface area contributed by atoms with Gasteiger partial charge in [0.2, 0.25) is 0 Å². The maximum Gasteiger partial charge on any atom is 0.138 e. The van der Waals surface area contributed by atoms with Crippen molar-refractivity contribution >= 4 is 66.4 Å². The van der Waals surface area contributed by atoms with Crippen LogP contribution in [0.25, 0.3) is 54.6 Å². The van der Waals surface area contributed by atoms with Crippen molar-refractivity contribution in [2.75, 3.05) is 9.80 Å². The van der Waals surface area contributed by atoms with Crippen molar-refractivity contribution in [1.29, 1.82) is 0 Å². The van der Waals surface area contributed by atoms with Crippen LogP contribution in [0, 0.1) is 0 Å². The highest BCUT2D eigenvalue weighted by Crippen LogP contribution is 2.56. The standard InChI is InChI=1S/C60H44N2O/c1-59(2)50-24-14-12-21-45(50)48-34-41(29-31-51(48)59)61(39-16-7-5-8-17-39)43-32-37-26-27-38-33-53(47-22-15-25-54-58(47)57(38)56(37)55(36-43)63-54)62(40-18-9-6-10-19-40)42-28-30-46-44-20-11-13-23-49(44)60(3,4)52(46)35-42/h5-36H,1-4H3. The van der Waals surface area contributed by atoms with Crippen molar-refractivity contribution in [3.8, 4) is 33.8 Å². The third kappa shape index (κ3) is 5.08. The molecule has 13 rings (SSSR count). The molecule has 0 saturated carbocycles. The number of nitrogens with zero attached hydrogens (tertiary/aromatic N) is 2. The summed E-state index contributed by atoms with van der Waals surface area (Å²) in [5, 5.41) is 7.01. The molecule has 0 N–H and O–H groups in total. The lowest BCUT2D eigenvalue weighted by atomic mass is 9.82. The van der Waals surface area contributed by atoms with E-state index in [9.17, 15) is 0 Å². The number of benzene rings is 10. The van der Waals surface area contributed by atoms with Crippen molar-refractivity contribution < 1.29 is 4.74 Å².